The minimum Gasteiger partial charge on any atom is -0.379 e. The molecule has 1 atom stereocenters. The van der Waals surface area contributed by atoms with Crippen LogP contribution in [-0.4, -0.2) is 94.9 Å². The van der Waals surface area contributed by atoms with E-state index < -0.39 is 17.7 Å². The minimum absolute atomic E-state index is 0.0114. The first-order valence-electron chi connectivity index (χ1n) is 11.8. The summed E-state index contributed by atoms with van der Waals surface area (Å²) in [6.07, 6.45) is -3.08. The number of morpholine rings is 1. The van der Waals surface area contributed by atoms with Crippen LogP contribution in [0.3, 0.4) is 0 Å². The number of fused-ring (bicyclic) bond motifs is 1. The van der Waals surface area contributed by atoms with Crippen molar-refractivity contribution in [3.05, 3.63) is 34.9 Å². The lowest BCUT2D eigenvalue weighted by Crippen LogP contribution is -2.57. The number of alkyl halides is 3. The molecule has 10 heteroatoms. The van der Waals surface area contributed by atoms with Crippen LogP contribution in [0.5, 0.6) is 0 Å². The summed E-state index contributed by atoms with van der Waals surface area (Å²) in [5.74, 6) is -1.45. The van der Waals surface area contributed by atoms with E-state index in [9.17, 15) is 27.9 Å². The maximum Gasteiger partial charge on any atom is 0.426 e. The zero-order valence-corrected chi connectivity index (χ0v) is 19.7. The SMILES string of the molecule is CC1(N2CCOCC2)CCN(C(=O)c2cccc3c2CCN(C(=O)C(C)(O)C(F)(F)F)C3)CC1. The van der Waals surface area contributed by atoms with Crippen molar-refractivity contribution < 1.29 is 32.6 Å². The summed E-state index contributed by atoms with van der Waals surface area (Å²) >= 11 is 0. The minimum atomic E-state index is -5.06. The van der Waals surface area contributed by atoms with E-state index in [2.05, 4.69) is 11.8 Å². The molecule has 0 saturated carbocycles. The molecule has 0 aromatic heterocycles. The van der Waals surface area contributed by atoms with Crippen LogP contribution < -0.4 is 0 Å². The molecule has 2 saturated heterocycles. The van der Waals surface area contributed by atoms with Crippen molar-refractivity contribution in [3.63, 3.8) is 0 Å². The van der Waals surface area contributed by atoms with Gasteiger partial charge >= 0.3 is 6.18 Å². The van der Waals surface area contributed by atoms with Crippen LogP contribution >= 0.6 is 0 Å². The van der Waals surface area contributed by atoms with Crippen molar-refractivity contribution in [2.45, 2.75) is 57.0 Å². The van der Waals surface area contributed by atoms with E-state index in [1.54, 1.807) is 18.2 Å². The van der Waals surface area contributed by atoms with Crippen molar-refractivity contribution in [2.75, 3.05) is 45.9 Å². The number of aliphatic hydroxyl groups is 1. The number of benzene rings is 1. The molecule has 2 fully saturated rings. The number of halogens is 3. The third kappa shape index (κ3) is 4.55. The molecule has 34 heavy (non-hydrogen) atoms. The Morgan fingerprint density at radius 1 is 1.03 bits per heavy atom. The number of likely N-dealkylation sites (tertiary alicyclic amines) is 1. The van der Waals surface area contributed by atoms with Crippen LogP contribution in [0, 0.1) is 0 Å². The quantitative estimate of drug-likeness (QED) is 0.714. The average Bonchev–Trinajstić information content (AvgIpc) is 2.82. The van der Waals surface area contributed by atoms with E-state index in [0.717, 1.165) is 49.6 Å². The van der Waals surface area contributed by atoms with Gasteiger partial charge in [0.25, 0.3) is 11.8 Å². The van der Waals surface area contributed by atoms with E-state index in [1.807, 2.05) is 4.90 Å². The Bertz CT molecular complexity index is 936. The Hall–Kier alpha value is -2.17. The van der Waals surface area contributed by atoms with Gasteiger partial charge in [-0.15, -0.1) is 0 Å². The van der Waals surface area contributed by atoms with Crippen LogP contribution in [0.2, 0.25) is 0 Å². The molecule has 3 aliphatic rings. The number of nitrogens with zero attached hydrogens (tertiary/aromatic N) is 3. The van der Waals surface area contributed by atoms with Gasteiger partial charge in [0.05, 0.1) is 13.2 Å². The fraction of sp³-hybridized carbons (Fsp3) is 0.667. The molecule has 0 bridgehead atoms. The monoisotopic (exact) mass is 483 g/mol. The van der Waals surface area contributed by atoms with Gasteiger partial charge in [-0.25, -0.2) is 0 Å². The van der Waals surface area contributed by atoms with Crippen molar-refractivity contribution in [2.24, 2.45) is 0 Å². The van der Waals surface area contributed by atoms with Crippen LogP contribution in [0.25, 0.3) is 0 Å². The highest BCUT2D eigenvalue weighted by atomic mass is 19.4. The molecule has 1 aromatic carbocycles. The number of carbonyl (C=O) groups is 2. The summed E-state index contributed by atoms with van der Waals surface area (Å²) in [6.45, 7) is 7.18. The lowest BCUT2D eigenvalue weighted by molar-refractivity contribution is -0.250. The van der Waals surface area contributed by atoms with Gasteiger partial charge in [-0.3, -0.25) is 14.5 Å². The molecule has 1 aromatic rings. The molecule has 188 valence electrons. The van der Waals surface area contributed by atoms with Gasteiger partial charge in [0, 0.05) is 50.4 Å². The number of amides is 2. The molecule has 2 amide bonds. The van der Waals surface area contributed by atoms with Gasteiger partial charge in [-0.1, -0.05) is 12.1 Å². The molecule has 1 unspecified atom stereocenters. The first kappa shape index (κ1) is 24.9. The molecule has 0 aliphatic carbocycles. The highest BCUT2D eigenvalue weighted by molar-refractivity contribution is 5.96. The summed E-state index contributed by atoms with van der Waals surface area (Å²) in [7, 11) is 0. The van der Waals surface area contributed by atoms with Gasteiger partial charge in [0.15, 0.2) is 0 Å². The number of rotatable bonds is 3. The van der Waals surface area contributed by atoms with Crippen molar-refractivity contribution in [3.8, 4) is 0 Å². The molecular formula is C24H32F3N3O4. The number of hydrogen-bond donors (Lipinski definition) is 1. The van der Waals surface area contributed by atoms with Crippen molar-refractivity contribution in [1.82, 2.24) is 14.7 Å². The first-order chi connectivity index (χ1) is 15.9. The first-order valence-corrected chi connectivity index (χ1v) is 11.8. The predicted octanol–water partition coefficient (Wildman–Crippen LogP) is 2.21. The van der Waals surface area contributed by atoms with Crippen LogP contribution in [-0.2, 0) is 22.5 Å². The smallest absolute Gasteiger partial charge is 0.379 e. The summed E-state index contributed by atoms with van der Waals surface area (Å²) in [6, 6.07) is 5.17. The number of ether oxygens (including phenoxy) is 1. The molecule has 3 aliphatic heterocycles. The van der Waals surface area contributed by atoms with E-state index in [1.165, 1.54) is 0 Å². The lowest BCUT2D eigenvalue weighted by Gasteiger charge is -2.48. The number of piperidine rings is 1. The Morgan fingerprint density at radius 3 is 2.29 bits per heavy atom. The molecule has 3 heterocycles. The van der Waals surface area contributed by atoms with Crippen LogP contribution in [0.1, 0.15) is 48.2 Å². The summed E-state index contributed by atoms with van der Waals surface area (Å²) in [4.78, 5) is 31.1. The molecule has 7 nitrogen and oxygen atoms in total. The Morgan fingerprint density at radius 2 is 1.68 bits per heavy atom. The van der Waals surface area contributed by atoms with Gasteiger partial charge in [-0.2, -0.15) is 13.2 Å². The highest BCUT2D eigenvalue weighted by Crippen LogP contribution is 2.34. The molecule has 4 rings (SSSR count). The van der Waals surface area contributed by atoms with E-state index in [-0.39, 0.29) is 31.0 Å². The molecular weight excluding hydrogens is 451 g/mol. The second kappa shape index (κ2) is 9.13. The van der Waals surface area contributed by atoms with Gasteiger partial charge in [0.2, 0.25) is 5.60 Å². The summed E-state index contributed by atoms with van der Waals surface area (Å²) in [5, 5.41) is 9.78. The van der Waals surface area contributed by atoms with Crippen molar-refractivity contribution in [1.29, 1.82) is 0 Å². The third-order valence-corrected chi connectivity index (χ3v) is 7.65. The molecule has 0 spiro atoms. The topological polar surface area (TPSA) is 73.3 Å². The van der Waals surface area contributed by atoms with Crippen molar-refractivity contribution >= 4 is 11.8 Å². The number of hydrogen-bond acceptors (Lipinski definition) is 5. The highest BCUT2D eigenvalue weighted by Gasteiger charge is 2.57. The van der Waals surface area contributed by atoms with Crippen LogP contribution in [0.4, 0.5) is 13.2 Å². The molecule has 0 radical (unpaired) electrons. The largest absolute Gasteiger partial charge is 0.426 e. The van der Waals surface area contributed by atoms with E-state index in [0.29, 0.717) is 31.1 Å². The standard InChI is InChI=1S/C24H32F3N3O4/c1-22(30-12-14-34-15-13-30)7-10-28(11-8-22)20(31)19-5-3-4-17-16-29(9-6-18(17)19)21(32)23(2,33)24(25,26)27/h3-5,33H,6-16H2,1-2H3. The fourth-order valence-electron chi connectivity index (χ4n) is 5.19. The zero-order chi connectivity index (χ0) is 24.7. The predicted molar refractivity (Wildman–Crippen MR) is 118 cm³/mol. The number of carbonyl (C=O) groups excluding carboxylic acids is 2. The van der Waals surface area contributed by atoms with Gasteiger partial charge < -0.3 is 19.6 Å². The molecule has 1 N–H and O–H groups in total. The summed E-state index contributed by atoms with van der Waals surface area (Å²) < 4.78 is 44.8. The second-order valence-electron chi connectivity index (χ2n) is 9.88. The van der Waals surface area contributed by atoms with Gasteiger partial charge in [0.1, 0.15) is 0 Å². The van der Waals surface area contributed by atoms with E-state index >= 15 is 0 Å². The zero-order valence-electron chi connectivity index (χ0n) is 19.7. The van der Waals surface area contributed by atoms with E-state index in [4.69, 9.17) is 4.74 Å². The Kier molecular flexibility index (Phi) is 6.69. The normalized spacial score (nSPS) is 23.2. The second-order valence-corrected chi connectivity index (χ2v) is 9.88. The average molecular weight is 484 g/mol. The summed E-state index contributed by atoms with van der Waals surface area (Å²) in [5.41, 5.74) is -1.46. The van der Waals surface area contributed by atoms with Crippen LogP contribution in [0.15, 0.2) is 18.2 Å². The lowest BCUT2D eigenvalue weighted by atomic mass is 9.86. The third-order valence-electron chi connectivity index (χ3n) is 7.65. The van der Waals surface area contributed by atoms with Gasteiger partial charge in [-0.05, 0) is 50.3 Å². The fourth-order valence-corrected chi connectivity index (χ4v) is 5.19. The maximum atomic E-state index is 13.4. The Balaban J connectivity index is 1.45. The maximum absolute atomic E-state index is 13.4. The Labute approximate surface area is 197 Å².